The molecule has 5 heteroatoms. The molecule has 14 heavy (non-hydrogen) atoms. The van der Waals surface area contributed by atoms with Gasteiger partial charge < -0.3 is 9.64 Å². The Morgan fingerprint density at radius 1 is 1.71 bits per heavy atom. The molecule has 0 aromatic rings. The van der Waals surface area contributed by atoms with Crippen LogP contribution in [0, 0.1) is 5.92 Å². The third-order valence-electron chi connectivity index (χ3n) is 2.49. The minimum absolute atomic E-state index is 0.596. The molecule has 0 amide bonds. The van der Waals surface area contributed by atoms with E-state index in [-0.39, 0.29) is 0 Å². The fourth-order valence-corrected chi connectivity index (χ4v) is 1.77. The van der Waals surface area contributed by atoms with Gasteiger partial charge in [-0.2, -0.15) is 0 Å². The number of nitrogens with one attached hydrogen (secondary N) is 1. The molecule has 1 heterocycles. The quantitative estimate of drug-likeness (QED) is 0.280. The highest BCUT2D eigenvalue weighted by Gasteiger charge is 2.16. The van der Waals surface area contributed by atoms with Crippen LogP contribution in [0.15, 0.2) is 4.99 Å². The summed E-state index contributed by atoms with van der Waals surface area (Å²) in [5, 5.41) is 0. The van der Waals surface area contributed by atoms with Gasteiger partial charge in [-0.1, -0.05) is 0 Å². The van der Waals surface area contributed by atoms with E-state index >= 15 is 0 Å². The Hall–Kier alpha value is -0.810. The lowest BCUT2D eigenvalue weighted by atomic mass is 10.0. The van der Waals surface area contributed by atoms with E-state index in [1.54, 1.807) is 7.05 Å². The van der Waals surface area contributed by atoms with Crippen molar-refractivity contribution >= 4 is 5.96 Å². The third-order valence-corrected chi connectivity index (χ3v) is 2.49. The zero-order chi connectivity index (χ0) is 10.4. The SMILES string of the molecule is CN=C(NN)N(C)CC1CCCOC1. The minimum Gasteiger partial charge on any atom is -0.381 e. The molecule has 1 rings (SSSR count). The van der Waals surface area contributed by atoms with E-state index in [0.29, 0.717) is 5.92 Å². The Morgan fingerprint density at radius 2 is 2.50 bits per heavy atom. The highest BCUT2D eigenvalue weighted by atomic mass is 16.5. The summed E-state index contributed by atoms with van der Waals surface area (Å²) < 4.78 is 5.41. The molecule has 0 aromatic heterocycles. The van der Waals surface area contributed by atoms with Gasteiger partial charge in [0.05, 0.1) is 6.61 Å². The summed E-state index contributed by atoms with van der Waals surface area (Å²) in [5.41, 5.74) is 2.58. The standard InChI is InChI=1S/C9H20N4O/c1-11-9(12-10)13(2)6-8-4-3-5-14-7-8/h8H,3-7,10H2,1-2H3,(H,11,12). The summed E-state index contributed by atoms with van der Waals surface area (Å²) in [6.45, 7) is 2.70. The smallest absolute Gasteiger partial charge is 0.207 e. The van der Waals surface area contributed by atoms with Gasteiger partial charge in [0.2, 0.25) is 5.96 Å². The van der Waals surface area contributed by atoms with Crippen molar-refractivity contribution in [2.45, 2.75) is 12.8 Å². The minimum atomic E-state index is 0.596. The predicted molar refractivity (Wildman–Crippen MR) is 56.9 cm³/mol. The highest BCUT2D eigenvalue weighted by Crippen LogP contribution is 2.14. The van der Waals surface area contributed by atoms with Crippen LogP contribution >= 0.6 is 0 Å². The molecular weight excluding hydrogens is 180 g/mol. The van der Waals surface area contributed by atoms with Crippen molar-refractivity contribution in [2.75, 3.05) is 33.9 Å². The molecule has 0 saturated carbocycles. The summed E-state index contributed by atoms with van der Waals surface area (Å²) in [5.74, 6) is 6.65. The number of nitrogens with zero attached hydrogens (tertiary/aromatic N) is 2. The van der Waals surface area contributed by atoms with Crippen LogP contribution in [0.3, 0.4) is 0 Å². The second-order valence-corrected chi connectivity index (χ2v) is 3.66. The monoisotopic (exact) mass is 200 g/mol. The molecule has 82 valence electrons. The number of hydrazine groups is 1. The van der Waals surface area contributed by atoms with Crippen molar-refractivity contribution in [1.29, 1.82) is 0 Å². The lowest BCUT2D eigenvalue weighted by molar-refractivity contribution is 0.0482. The number of hydrogen-bond donors (Lipinski definition) is 2. The van der Waals surface area contributed by atoms with Gasteiger partial charge in [-0.05, 0) is 18.8 Å². The van der Waals surface area contributed by atoms with Gasteiger partial charge in [-0.3, -0.25) is 10.4 Å². The van der Waals surface area contributed by atoms with Gasteiger partial charge in [0.1, 0.15) is 0 Å². The largest absolute Gasteiger partial charge is 0.381 e. The molecule has 0 spiro atoms. The van der Waals surface area contributed by atoms with E-state index in [1.807, 2.05) is 11.9 Å². The van der Waals surface area contributed by atoms with Crippen LogP contribution in [0.4, 0.5) is 0 Å². The second-order valence-electron chi connectivity index (χ2n) is 3.66. The fourth-order valence-electron chi connectivity index (χ4n) is 1.77. The molecule has 1 fully saturated rings. The topological polar surface area (TPSA) is 62.9 Å². The molecule has 0 aromatic carbocycles. The Labute approximate surface area is 85.3 Å². The second kappa shape index (κ2) is 5.82. The normalized spacial score (nSPS) is 23.4. The van der Waals surface area contributed by atoms with Crippen molar-refractivity contribution in [2.24, 2.45) is 16.8 Å². The summed E-state index contributed by atoms with van der Waals surface area (Å²) in [6, 6.07) is 0. The van der Waals surface area contributed by atoms with E-state index in [2.05, 4.69) is 10.4 Å². The number of hydrogen-bond acceptors (Lipinski definition) is 3. The first-order valence-electron chi connectivity index (χ1n) is 5.00. The number of guanidine groups is 1. The van der Waals surface area contributed by atoms with Crippen molar-refractivity contribution < 1.29 is 4.74 Å². The van der Waals surface area contributed by atoms with Crippen molar-refractivity contribution in [3.8, 4) is 0 Å². The summed E-state index contributed by atoms with van der Waals surface area (Å²) in [4.78, 5) is 6.06. The van der Waals surface area contributed by atoms with Crippen LogP contribution in [-0.4, -0.2) is 44.7 Å². The van der Waals surface area contributed by atoms with Crippen molar-refractivity contribution in [1.82, 2.24) is 10.3 Å². The van der Waals surface area contributed by atoms with Crippen LogP contribution < -0.4 is 11.3 Å². The number of aliphatic imine (C=N–C) groups is 1. The van der Waals surface area contributed by atoms with Gasteiger partial charge in [0.25, 0.3) is 0 Å². The molecular formula is C9H20N4O. The zero-order valence-corrected chi connectivity index (χ0v) is 8.99. The van der Waals surface area contributed by atoms with Gasteiger partial charge in [-0.15, -0.1) is 0 Å². The van der Waals surface area contributed by atoms with Gasteiger partial charge in [-0.25, -0.2) is 5.84 Å². The van der Waals surface area contributed by atoms with Gasteiger partial charge in [0, 0.05) is 27.2 Å². The molecule has 1 aliphatic rings. The maximum Gasteiger partial charge on any atom is 0.207 e. The molecule has 1 atom stereocenters. The van der Waals surface area contributed by atoms with Crippen LogP contribution in [-0.2, 0) is 4.74 Å². The van der Waals surface area contributed by atoms with Crippen molar-refractivity contribution in [3.05, 3.63) is 0 Å². The average molecular weight is 200 g/mol. The highest BCUT2D eigenvalue weighted by molar-refractivity contribution is 5.78. The molecule has 0 bridgehead atoms. The fraction of sp³-hybridized carbons (Fsp3) is 0.889. The Kier molecular flexibility index (Phi) is 4.69. The molecule has 1 unspecified atom stereocenters. The first-order chi connectivity index (χ1) is 6.77. The van der Waals surface area contributed by atoms with E-state index in [0.717, 1.165) is 32.1 Å². The predicted octanol–water partition coefficient (Wildman–Crippen LogP) is -0.206. The van der Waals surface area contributed by atoms with Gasteiger partial charge in [0.15, 0.2) is 0 Å². The maximum absolute atomic E-state index is 5.41. The van der Waals surface area contributed by atoms with E-state index in [9.17, 15) is 0 Å². The Morgan fingerprint density at radius 3 is 3.00 bits per heavy atom. The lowest BCUT2D eigenvalue weighted by Crippen LogP contribution is -2.45. The van der Waals surface area contributed by atoms with Crippen LogP contribution in [0.25, 0.3) is 0 Å². The molecule has 1 aliphatic heterocycles. The maximum atomic E-state index is 5.41. The summed E-state index contributed by atoms with van der Waals surface area (Å²) in [7, 11) is 3.71. The lowest BCUT2D eigenvalue weighted by Gasteiger charge is -2.28. The summed E-state index contributed by atoms with van der Waals surface area (Å²) >= 11 is 0. The zero-order valence-electron chi connectivity index (χ0n) is 8.99. The van der Waals surface area contributed by atoms with E-state index < -0.39 is 0 Å². The third kappa shape index (κ3) is 3.16. The number of rotatable bonds is 2. The average Bonchev–Trinajstić information content (AvgIpc) is 2.21. The van der Waals surface area contributed by atoms with E-state index in [1.165, 1.54) is 6.42 Å². The molecule has 5 nitrogen and oxygen atoms in total. The molecule has 1 saturated heterocycles. The van der Waals surface area contributed by atoms with Crippen molar-refractivity contribution in [3.63, 3.8) is 0 Å². The van der Waals surface area contributed by atoms with Crippen LogP contribution in [0.5, 0.6) is 0 Å². The number of nitrogens with two attached hydrogens (primary N) is 1. The Balaban J connectivity index is 2.34. The molecule has 0 aliphatic carbocycles. The van der Waals surface area contributed by atoms with E-state index in [4.69, 9.17) is 10.6 Å². The molecule has 0 radical (unpaired) electrons. The van der Waals surface area contributed by atoms with Crippen LogP contribution in [0.1, 0.15) is 12.8 Å². The summed E-state index contributed by atoms with van der Waals surface area (Å²) in [6.07, 6.45) is 2.39. The molecule has 3 N–H and O–H groups in total. The number of ether oxygens (including phenoxy) is 1. The Bertz CT molecular complexity index is 189. The van der Waals surface area contributed by atoms with Gasteiger partial charge >= 0.3 is 0 Å². The first-order valence-corrected chi connectivity index (χ1v) is 5.00. The first kappa shape index (κ1) is 11.3. The van der Waals surface area contributed by atoms with Crippen LogP contribution in [0.2, 0.25) is 0 Å².